The van der Waals surface area contributed by atoms with Gasteiger partial charge >= 0.3 is 0 Å². The molecule has 0 radical (unpaired) electrons. The number of alkyl halides is 1. The molecule has 3 heterocycles. The van der Waals surface area contributed by atoms with Crippen molar-refractivity contribution < 1.29 is 4.39 Å². The van der Waals surface area contributed by atoms with Crippen LogP contribution in [-0.2, 0) is 13.1 Å². The molecule has 128 valence electrons. The van der Waals surface area contributed by atoms with Gasteiger partial charge in [-0.05, 0) is 13.5 Å². The summed E-state index contributed by atoms with van der Waals surface area (Å²) in [6.07, 6.45) is 3.48. The van der Waals surface area contributed by atoms with Gasteiger partial charge in [0.25, 0.3) is 0 Å². The maximum atomic E-state index is 13.8. The van der Waals surface area contributed by atoms with Crippen LogP contribution in [0.15, 0.2) is 17.8 Å². The summed E-state index contributed by atoms with van der Waals surface area (Å²) >= 11 is 3.14. The highest BCUT2D eigenvalue weighted by Gasteiger charge is 2.33. The minimum Gasteiger partial charge on any atom is -0.375 e. The van der Waals surface area contributed by atoms with Gasteiger partial charge in [-0.25, -0.2) is 14.4 Å². The van der Waals surface area contributed by atoms with E-state index in [9.17, 15) is 4.39 Å². The van der Waals surface area contributed by atoms with E-state index in [0.29, 0.717) is 18.1 Å². The minimum absolute atomic E-state index is 0. The molecule has 2 aromatic rings. The van der Waals surface area contributed by atoms with E-state index in [0.717, 1.165) is 29.5 Å². The average molecular weight is 378 g/mol. The second-order valence-corrected chi connectivity index (χ2v) is 7.83. The maximum Gasteiger partial charge on any atom is 0.180 e. The smallest absolute Gasteiger partial charge is 0.180 e. The summed E-state index contributed by atoms with van der Waals surface area (Å²) in [5, 5.41) is 3.61. The van der Waals surface area contributed by atoms with Crippen molar-refractivity contribution in [2.75, 3.05) is 25.9 Å². The molecular formula is C14H21ClFN5S2. The molecule has 0 saturated carbocycles. The molecule has 0 unspecified atom stereocenters. The predicted molar refractivity (Wildman–Crippen MR) is 95.9 cm³/mol. The van der Waals surface area contributed by atoms with Gasteiger partial charge in [0, 0.05) is 48.3 Å². The number of hydrogen-bond acceptors (Lipinski definition) is 7. The summed E-state index contributed by atoms with van der Waals surface area (Å²) in [6, 6.07) is 0.231. The first-order valence-electron chi connectivity index (χ1n) is 7.25. The zero-order valence-electron chi connectivity index (χ0n) is 12.9. The largest absolute Gasteiger partial charge is 0.375 e. The van der Waals surface area contributed by atoms with Crippen molar-refractivity contribution in [3.8, 4) is 0 Å². The lowest BCUT2D eigenvalue weighted by Gasteiger charge is -2.27. The molecule has 9 heteroatoms. The number of likely N-dealkylation sites (tertiary alicyclic amines) is 1. The van der Waals surface area contributed by atoms with Gasteiger partial charge < -0.3 is 5.73 Å². The lowest BCUT2D eigenvalue weighted by molar-refractivity contribution is 0.181. The third-order valence-electron chi connectivity index (χ3n) is 3.82. The second kappa shape index (κ2) is 8.34. The van der Waals surface area contributed by atoms with Gasteiger partial charge in [0.1, 0.15) is 11.2 Å². The number of likely N-dealkylation sites (N-methyl/N-ethyl adjacent to an activating group) is 1. The molecule has 2 aromatic heterocycles. The van der Waals surface area contributed by atoms with Crippen molar-refractivity contribution in [2.45, 2.75) is 31.7 Å². The maximum absolute atomic E-state index is 13.8. The Morgan fingerprint density at radius 1 is 1.48 bits per heavy atom. The van der Waals surface area contributed by atoms with Crippen LogP contribution in [0.4, 0.5) is 9.52 Å². The van der Waals surface area contributed by atoms with Gasteiger partial charge in [-0.1, -0.05) is 0 Å². The van der Waals surface area contributed by atoms with Crippen molar-refractivity contribution in [3.05, 3.63) is 27.7 Å². The van der Waals surface area contributed by atoms with Gasteiger partial charge in [0.05, 0.1) is 6.54 Å². The molecule has 0 spiro atoms. The van der Waals surface area contributed by atoms with E-state index in [-0.39, 0.29) is 18.4 Å². The molecule has 1 fully saturated rings. The Balaban J connectivity index is 0.00000192. The lowest BCUT2D eigenvalue weighted by atomic mass is 10.2. The van der Waals surface area contributed by atoms with Gasteiger partial charge in [-0.3, -0.25) is 9.80 Å². The zero-order chi connectivity index (χ0) is 15.5. The molecule has 2 atom stereocenters. The first-order valence-corrected chi connectivity index (χ1v) is 8.95. The molecule has 0 aromatic carbocycles. The standard InChI is InChI=1S/C14H20FN5S2.ClH/c1-19(8-12-5-18-14(16)22-12)7-11-4-10(15)6-20(11)9-13-17-2-3-21-13;/h2-3,5,10-11H,4,6-9H2,1H3,(H2,16,18);1H/t10-,11-;/m0./s1. The Kier molecular flexibility index (Phi) is 6.72. The molecular weight excluding hydrogens is 357 g/mol. The van der Waals surface area contributed by atoms with Gasteiger partial charge in [-0.15, -0.1) is 35.1 Å². The van der Waals surface area contributed by atoms with Gasteiger partial charge in [0.2, 0.25) is 0 Å². The molecule has 1 aliphatic rings. The topological polar surface area (TPSA) is 58.3 Å². The fourth-order valence-electron chi connectivity index (χ4n) is 2.90. The molecule has 5 nitrogen and oxygen atoms in total. The van der Waals surface area contributed by atoms with Crippen LogP contribution in [0.5, 0.6) is 0 Å². The first-order chi connectivity index (χ1) is 10.6. The molecule has 3 rings (SSSR count). The van der Waals surface area contributed by atoms with E-state index in [1.165, 1.54) is 11.3 Å². The molecule has 0 bridgehead atoms. The number of halogens is 2. The number of aromatic nitrogens is 2. The number of thiazole rings is 2. The van der Waals surface area contributed by atoms with Crippen LogP contribution < -0.4 is 5.73 Å². The Labute approximate surface area is 149 Å². The Hall–Kier alpha value is -0.800. The molecule has 1 saturated heterocycles. The number of nitrogens with two attached hydrogens (primary N) is 1. The number of hydrogen-bond donors (Lipinski definition) is 1. The molecule has 1 aliphatic heterocycles. The molecule has 23 heavy (non-hydrogen) atoms. The highest BCUT2D eigenvalue weighted by Crippen LogP contribution is 2.25. The summed E-state index contributed by atoms with van der Waals surface area (Å²) in [6.45, 7) is 2.88. The van der Waals surface area contributed by atoms with Gasteiger partial charge in [0.15, 0.2) is 5.13 Å². The fraction of sp³-hybridized carbons (Fsp3) is 0.571. The molecule has 2 N–H and O–H groups in total. The average Bonchev–Trinajstić information content (AvgIpc) is 3.15. The summed E-state index contributed by atoms with van der Waals surface area (Å²) < 4.78 is 13.8. The van der Waals surface area contributed by atoms with Gasteiger partial charge in [-0.2, -0.15) is 0 Å². The third kappa shape index (κ3) is 5.09. The monoisotopic (exact) mass is 377 g/mol. The minimum atomic E-state index is -0.739. The Bertz CT molecular complexity index is 594. The molecule has 0 amide bonds. The van der Waals surface area contributed by atoms with Crippen LogP contribution >= 0.6 is 35.1 Å². The van der Waals surface area contributed by atoms with E-state index < -0.39 is 6.17 Å². The highest BCUT2D eigenvalue weighted by atomic mass is 35.5. The van der Waals surface area contributed by atoms with Crippen molar-refractivity contribution in [2.24, 2.45) is 0 Å². The van der Waals surface area contributed by atoms with Crippen LogP contribution in [0.3, 0.4) is 0 Å². The Morgan fingerprint density at radius 2 is 2.30 bits per heavy atom. The molecule has 0 aliphatic carbocycles. The van der Waals surface area contributed by atoms with E-state index in [1.807, 2.05) is 11.6 Å². The van der Waals surface area contributed by atoms with Crippen LogP contribution in [0, 0.1) is 0 Å². The fourth-order valence-corrected chi connectivity index (χ4v) is 4.30. The van der Waals surface area contributed by atoms with Crippen molar-refractivity contribution in [1.29, 1.82) is 0 Å². The number of anilines is 1. The van der Waals surface area contributed by atoms with Crippen LogP contribution in [0.2, 0.25) is 0 Å². The van der Waals surface area contributed by atoms with Crippen molar-refractivity contribution in [1.82, 2.24) is 19.8 Å². The Morgan fingerprint density at radius 3 is 2.96 bits per heavy atom. The predicted octanol–water partition coefficient (Wildman–Crippen LogP) is 2.65. The van der Waals surface area contributed by atoms with Crippen LogP contribution in [-0.4, -0.2) is 52.1 Å². The number of nitrogen functional groups attached to an aromatic ring is 1. The van der Waals surface area contributed by atoms with E-state index >= 15 is 0 Å². The highest BCUT2D eigenvalue weighted by molar-refractivity contribution is 7.15. The quantitative estimate of drug-likeness (QED) is 0.838. The van der Waals surface area contributed by atoms with Crippen LogP contribution in [0.1, 0.15) is 16.3 Å². The SMILES string of the molecule is CN(Cc1cnc(N)s1)C[C@@H]1C[C@H](F)CN1Cc1nccs1.Cl. The first kappa shape index (κ1) is 18.5. The third-order valence-corrected chi connectivity index (χ3v) is 5.39. The summed E-state index contributed by atoms with van der Waals surface area (Å²) in [5.41, 5.74) is 5.66. The van der Waals surface area contributed by atoms with Crippen LogP contribution in [0.25, 0.3) is 0 Å². The summed E-state index contributed by atoms with van der Waals surface area (Å²) in [5.74, 6) is 0. The number of nitrogens with zero attached hydrogens (tertiary/aromatic N) is 4. The second-order valence-electron chi connectivity index (χ2n) is 5.70. The van der Waals surface area contributed by atoms with E-state index in [2.05, 4.69) is 26.8 Å². The number of rotatable bonds is 6. The van der Waals surface area contributed by atoms with E-state index in [4.69, 9.17) is 5.73 Å². The van der Waals surface area contributed by atoms with Crippen molar-refractivity contribution >= 4 is 40.2 Å². The summed E-state index contributed by atoms with van der Waals surface area (Å²) in [7, 11) is 2.06. The normalized spacial score (nSPS) is 21.7. The lowest BCUT2D eigenvalue weighted by Crippen LogP contribution is -2.38. The zero-order valence-corrected chi connectivity index (χ0v) is 15.3. The summed E-state index contributed by atoms with van der Waals surface area (Å²) in [4.78, 5) is 13.9. The van der Waals surface area contributed by atoms with E-state index in [1.54, 1.807) is 17.5 Å². The van der Waals surface area contributed by atoms with Crippen molar-refractivity contribution in [3.63, 3.8) is 0 Å².